The Labute approximate surface area is 249 Å². The topological polar surface area (TPSA) is 39.3 Å². The molecule has 0 aliphatic heterocycles. The predicted octanol–water partition coefficient (Wildman–Crippen LogP) is 7.58. The molecule has 200 valence electrons. The molecule has 0 amide bonds. The number of hydrogen-bond acceptors (Lipinski definition) is 4. The molecule has 3 aromatic carbocycles. The number of hydrogen-bond donors (Lipinski definition) is 3. The van der Waals surface area contributed by atoms with Crippen LogP contribution in [0.4, 0.5) is 0 Å². The van der Waals surface area contributed by atoms with Crippen LogP contribution in [0.3, 0.4) is 0 Å². The summed E-state index contributed by atoms with van der Waals surface area (Å²) in [4.78, 5) is 2.39. The quantitative estimate of drug-likeness (QED) is 0.153. The summed E-state index contributed by atoms with van der Waals surface area (Å²) in [5.74, 6) is 0. The Bertz CT molecular complexity index is 1000. The van der Waals surface area contributed by atoms with Crippen LogP contribution in [0.2, 0.25) is 30.1 Å². The van der Waals surface area contributed by atoms with Crippen molar-refractivity contribution >= 4 is 69.6 Å². The molecular formula is C27H30Cl6N4. The zero-order valence-electron chi connectivity index (χ0n) is 20.3. The summed E-state index contributed by atoms with van der Waals surface area (Å²) in [6.45, 7) is 7.01. The second kappa shape index (κ2) is 16.4. The monoisotopic (exact) mass is 620 g/mol. The van der Waals surface area contributed by atoms with E-state index in [4.69, 9.17) is 69.6 Å². The van der Waals surface area contributed by atoms with Crippen LogP contribution in [-0.2, 0) is 19.6 Å². The molecule has 0 aliphatic carbocycles. The first kappa shape index (κ1) is 30.8. The maximum atomic E-state index is 6.31. The van der Waals surface area contributed by atoms with Gasteiger partial charge in [0.25, 0.3) is 0 Å². The van der Waals surface area contributed by atoms with Gasteiger partial charge in [0.15, 0.2) is 0 Å². The average molecular weight is 623 g/mol. The lowest BCUT2D eigenvalue weighted by Crippen LogP contribution is -2.40. The Balaban J connectivity index is 1.47. The van der Waals surface area contributed by atoms with E-state index in [-0.39, 0.29) is 0 Å². The number of rotatable bonds is 15. The molecule has 4 nitrogen and oxygen atoms in total. The molecule has 0 saturated heterocycles. The summed E-state index contributed by atoms with van der Waals surface area (Å²) in [5, 5.41) is 13.9. The number of halogens is 6. The van der Waals surface area contributed by atoms with E-state index >= 15 is 0 Å². The highest BCUT2D eigenvalue weighted by Crippen LogP contribution is 2.27. The molecule has 37 heavy (non-hydrogen) atoms. The summed E-state index contributed by atoms with van der Waals surface area (Å²) in [6, 6.07) is 17.1. The van der Waals surface area contributed by atoms with Crippen molar-refractivity contribution in [3.63, 3.8) is 0 Å². The predicted molar refractivity (Wildman–Crippen MR) is 161 cm³/mol. The first-order chi connectivity index (χ1) is 17.9. The standard InChI is InChI=1S/C27H30Cl6N4/c28-22-7-1-4-19(25(22)31)16-34-10-13-37(14-11-35-17-20-5-2-8-23(29)26(20)32)15-12-36-18-21-6-3-9-24(30)27(21)33/h1-9,34-36H,10-18H2. The van der Waals surface area contributed by atoms with E-state index in [0.717, 1.165) is 56.0 Å². The lowest BCUT2D eigenvalue weighted by molar-refractivity contribution is 0.271. The molecule has 0 aromatic heterocycles. The molecule has 0 unspecified atom stereocenters. The van der Waals surface area contributed by atoms with Gasteiger partial charge in [0.2, 0.25) is 0 Å². The van der Waals surface area contributed by atoms with Crippen LogP contribution in [0, 0.1) is 0 Å². The summed E-state index contributed by atoms with van der Waals surface area (Å²) in [6.07, 6.45) is 0. The van der Waals surface area contributed by atoms with Crippen molar-refractivity contribution in [3.05, 3.63) is 101 Å². The minimum absolute atomic E-state index is 0.569. The number of benzene rings is 3. The van der Waals surface area contributed by atoms with Gasteiger partial charge < -0.3 is 16.0 Å². The fraction of sp³-hybridized carbons (Fsp3) is 0.333. The van der Waals surface area contributed by atoms with Crippen LogP contribution < -0.4 is 16.0 Å². The molecule has 3 aromatic rings. The lowest BCUT2D eigenvalue weighted by Gasteiger charge is -2.23. The minimum Gasteiger partial charge on any atom is -0.311 e. The van der Waals surface area contributed by atoms with Crippen LogP contribution in [0.5, 0.6) is 0 Å². The summed E-state index contributed by atoms with van der Waals surface area (Å²) < 4.78 is 0. The summed E-state index contributed by atoms with van der Waals surface area (Å²) in [7, 11) is 0. The SMILES string of the molecule is Clc1cccc(CNCCN(CCNCc2cccc(Cl)c2Cl)CCNCc2cccc(Cl)c2Cl)c1Cl. The van der Waals surface area contributed by atoms with Gasteiger partial charge in [-0.3, -0.25) is 4.90 Å². The molecule has 0 aliphatic rings. The van der Waals surface area contributed by atoms with Crippen molar-refractivity contribution in [2.75, 3.05) is 39.3 Å². The molecule has 0 radical (unpaired) electrons. The molecular weight excluding hydrogens is 593 g/mol. The lowest BCUT2D eigenvalue weighted by atomic mass is 10.2. The number of nitrogens with one attached hydrogen (secondary N) is 3. The van der Waals surface area contributed by atoms with Crippen LogP contribution in [0.15, 0.2) is 54.6 Å². The Morgan fingerprint density at radius 1 is 0.459 bits per heavy atom. The molecule has 0 saturated carbocycles. The minimum atomic E-state index is 0.569. The average Bonchev–Trinajstić information content (AvgIpc) is 2.88. The van der Waals surface area contributed by atoms with E-state index in [1.54, 1.807) is 18.2 Å². The maximum absolute atomic E-state index is 6.31. The smallest absolute Gasteiger partial charge is 0.0637 e. The van der Waals surface area contributed by atoms with Gasteiger partial charge in [-0.2, -0.15) is 0 Å². The van der Waals surface area contributed by atoms with E-state index < -0.39 is 0 Å². The second-order valence-corrected chi connectivity index (χ2v) is 10.9. The van der Waals surface area contributed by atoms with Gasteiger partial charge in [0.1, 0.15) is 0 Å². The van der Waals surface area contributed by atoms with E-state index in [2.05, 4.69) is 20.9 Å². The van der Waals surface area contributed by atoms with Gasteiger partial charge in [-0.1, -0.05) is 106 Å². The fourth-order valence-electron chi connectivity index (χ4n) is 3.77. The summed E-state index contributed by atoms with van der Waals surface area (Å²) >= 11 is 37.3. The molecule has 10 heteroatoms. The highest BCUT2D eigenvalue weighted by molar-refractivity contribution is 6.43. The Morgan fingerprint density at radius 2 is 0.757 bits per heavy atom. The van der Waals surface area contributed by atoms with E-state index in [1.165, 1.54) is 0 Å². The fourth-order valence-corrected chi connectivity index (χ4v) is 4.93. The van der Waals surface area contributed by atoms with Crippen LogP contribution >= 0.6 is 69.6 Å². The van der Waals surface area contributed by atoms with Crippen molar-refractivity contribution < 1.29 is 0 Å². The molecule has 0 bridgehead atoms. The number of nitrogens with zero attached hydrogens (tertiary/aromatic N) is 1. The van der Waals surface area contributed by atoms with Crippen LogP contribution in [-0.4, -0.2) is 44.2 Å². The maximum Gasteiger partial charge on any atom is 0.0637 e. The second-order valence-electron chi connectivity index (χ2n) is 8.51. The first-order valence-electron chi connectivity index (χ1n) is 12.0. The zero-order chi connectivity index (χ0) is 26.6. The zero-order valence-corrected chi connectivity index (χ0v) is 24.8. The van der Waals surface area contributed by atoms with Gasteiger partial charge >= 0.3 is 0 Å². The normalized spacial score (nSPS) is 11.4. The van der Waals surface area contributed by atoms with Crippen molar-refractivity contribution in [1.29, 1.82) is 0 Å². The third kappa shape index (κ3) is 10.1. The highest BCUT2D eigenvalue weighted by Gasteiger charge is 2.09. The van der Waals surface area contributed by atoms with E-state index in [9.17, 15) is 0 Å². The van der Waals surface area contributed by atoms with Crippen molar-refractivity contribution in [1.82, 2.24) is 20.9 Å². The highest BCUT2D eigenvalue weighted by atomic mass is 35.5. The van der Waals surface area contributed by atoms with Crippen LogP contribution in [0.1, 0.15) is 16.7 Å². The van der Waals surface area contributed by atoms with Gasteiger partial charge in [-0.05, 0) is 34.9 Å². The van der Waals surface area contributed by atoms with Crippen molar-refractivity contribution in [3.8, 4) is 0 Å². The molecule has 3 rings (SSSR count). The Kier molecular flexibility index (Phi) is 13.6. The molecule has 0 fully saturated rings. The van der Waals surface area contributed by atoms with Crippen molar-refractivity contribution in [2.24, 2.45) is 0 Å². The van der Waals surface area contributed by atoms with E-state index in [1.807, 2.05) is 36.4 Å². The Hall–Kier alpha value is -0.760. The third-order valence-electron chi connectivity index (χ3n) is 5.86. The third-order valence-corrected chi connectivity index (χ3v) is 8.43. The molecule has 0 atom stereocenters. The van der Waals surface area contributed by atoms with Gasteiger partial charge in [0, 0.05) is 58.9 Å². The van der Waals surface area contributed by atoms with Gasteiger partial charge in [-0.25, -0.2) is 0 Å². The van der Waals surface area contributed by atoms with Crippen molar-refractivity contribution in [2.45, 2.75) is 19.6 Å². The molecule has 0 heterocycles. The molecule has 3 N–H and O–H groups in total. The molecule has 0 spiro atoms. The largest absolute Gasteiger partial charge is 0.311 e. The van der Waals surface area contributed by atoms with Crippen LogP contribution in [0.25, 0.3) is 0 Å². The first-order valence-corrected chi connectivity index (χ1v) is 14.3. The Morgan fingerprint density at radius 3 is 1.05 bits per heavy atom. The van der Waals surface area contributed by atoms with Gasteiger partial charge in [-0.15, -0.1) is 0 Å². The summed E-state index contributed by atoms with van der Waals surface area (Å²) in [5.41, 5.74) is 2.96. The van der Waals surface area contributed by atoms with Gasteiger partial charge in [0.05, 0.1) is 30.1 Å². The van der Waals surface area contributed by atoms with E-state index in [0.29, 0.717) is 49.8 Å².